The van der Waals surface area contributed by atoms with Crippen LogP contribution in [0.25, 0.3) is 0 Å². The minimum atomic E-state index is -0.797. The summed E-state index contributed by atoms with van der Waals surface area (Å²) in [5, 5.41) is 8.69. The molecule has 68 valence electrons. The molecule has 0 amide bonds. The van der Waals surface area contributed by atoms with Gasteiger partial charge in [-0.15, -0.1) is 0 Å². The van der Waals surface area contributed by atoms with Crippen molar-refractivity contribution in [1.82, 2.24) is 0 Å². The van der Waals surface area contributed by atoms with Gasteiger partial charge in [-0.25, -0.2) is 4.79 Å². The fraction of sp³-hybridized carbons (Fsp3) is 0.778. The molecular formula is C9H15NO2. The van der Waals surface area contributed by atoms with Crippen LogP contribution in [0.3, 0.4) is 0 Å². The van der Waals surface area contributed by atoms with Gasteiger partial charge < -0.3 is 5.11 Å². The summed E-state index contributed by atoms with van der Waals surface area (Å²) in [5.41, 5.74) is 1.07. The predicted octanol–water partition coefficient (Wildman–Crippen LogP) is 1.72. The quantitative estimate of drug-likeness (QED) is 0.649. The number of carboxylic acid groups (broad SMARTS) is 1. The van der Waals surface area contributed by atoms with Crippen molar-refractivity contribution in [3.05, 3.63) is 0 Å². The van der Waals surface area contributed by atoms with E-state index in [0.717, 1.165) is 12.1 Å². The second-order valence-electron chi connectivity index (χ2n) is 4.22. The maximum Gasteiger partial charge on any atom is 0.328 e. The molecule has 0 aliphatic carbocycles. The number of hydrogen-bond donors (Lipinski definition) is 1. The first-order chi connectivity index (χ1) is 5.41. The Labute approximate surface area is 72.5 Å². The highest BCUT2D eigenvalue weighted by Crippen LogP contribution is 2.26. The third-order valence-electron chi connectivity index (χ3n) is 2.12. The van der Waals surface area contributed by atoms with Crippen LogP contribution in [0.1, 0.15) is 33.6 Å². The summed E-state index contributed by atoms with van der Waals surface area (Å²) in [6, 6.07) is -0.487. The predicted molar refractivity (Wildman–Crippen MR) is 47.5 cm³/mol. The van der Waals surface area contributed by atoms with Gasteiger partial charge in [-0.2, -0.15) is 0 Å². The van der Waals surface area contributed by atoms with Crippen molar-refractivity contribution in [2.45, 2.75) is 39.7 Å². The third-order valence-corrected chi connectivity index (χ3v) is 2.12. The molecule has 0 aromatic heterocycles. The van der Waals surface area contributed by atoms with Crippen LogP contribution in [-0.2, 0) is 4.79 Å². The largest absolute Gasteiger partial charge is 0.480 e. The normalized spacial score (nSPS) is 23.9. The zero-order chi connectivity index (χ0) is 9.35. The number of carbonyl (C=O) groups is 1. The molecule has 3 heteroatoms. The Morgan fingerprint density at radius 3 is 2.42 bits per heavy atom. The average molecular weight is 169 g/mol. The van der Waals surface area contributed by atoms with Crippen LogP contribution >= 0.6 is 0 Å². The van der Waals surface area contributed by atoms with Crippen molar-refractivity contribution in [3.8, 4) is 0 Å². The highest BCUT2D eigenvalue weighted by molar-refractivity contribution is 5.94. The van der Waals surface area contributed by atoms with Gasteiger partial charge in [-0.05, 0) is 18.3 Å². The third kappa shape index (κ3) is 1.84. The molecule has 12 heavy (non-hydrogen) atoms. The summed E-state index contributed by atoms with van der Waals surface area (Å²) < 4.78 is 0. The average Bonchev–Trinajstić information content (AvgIpc) is 2.30. The lowest BCUT2D eigenvalue weighted by Gasteiger charge is -2.17. The fourth-order valence-corrected chi connectivity index (χ4v) is 1.34. The van der Waals surface area contributed by atoms with E-state index in [0.29, 0.717) is 6.42 Å². The minimum Gasteiger partial charge on any atom is -0.480 e. The Morgan fingerprint density at radius 2 is 2.17 bits per heavy atom. The van der Waals surface area contributed by atoms with Gasteiger partial charge in [0.2, 0.25) is 0 Å². The van der Waals surface area contributed by atoms with Crippen molar-refractivity contribution in [2.75, 3.05) is 0 Å². The van der Waals surface area contributed by atoms with E-state index in [-0.39, 0.29) is 5.41 Å². The Bertz CT molecular complexity index is 225. The SMILES string of the molecule is CC(C)(C)C1=N[C@H](C(=O)O)CC1. The molecule has 0 saturated heterocycles. The summed E-state index contributed by atoms with van der Waals surface area (Å²) in [5.74, 6) is -0.797. The minimum absolute atomic E-state index is 0.0319. The van der Waals surface area contributed by atoms with E-state index in [1.165, 1.54) is 0 Å². The maximum absolute atomic E-state index is 10.6. The van der Waals surface area contributed by atoms with E-state index < -0.39 is 12.0 Å². The molecule has 0 radical (unpaired) electrons. The Morgan fingerprint density at radius 1 is 1.58 bits per heavy atom. The molecule has 1 aliphatic heterocycles. The molecule has 0 aromatic carbocycles. The standard InChI is InChI=1S/C9H15NO2/c1-9(2,3)7-5-4-6(10-7)8(11)12/h6H,4-5H2,1-3H3,(H,11,12)/t6-/m0/s1. The van der Waals surface area contributed by atoms with Gasteiger partial charge in [0.25, 0.3) is 0 Å². The van der Waals surface area contributed by atoms with Crippen LogP contribution < -0.4 is 0 Å². The number of aliphatic carboxylic acids is 1. The highest BCUT2D eigenvalue weighted by atomic mass is 16.4. The van der Waals surface area contributed by atoms with E-state index in [2.05, 4.69) is 25.8 Å². The van der Waals surface area contributed by atoms with Gasteiger partial charge >= 0.3 is 5.97 Å². The van der Waals surface area contributed by atoms with Gasteiger partial charge in [0.15, 0.2) is 0 Å². The van der Waals surface area contributed by atoms with Crippen LogP contribution in [-0.4, -0.2) is 22.8 Å². The van der Waals surface area contributed by atoms with Crippen LogP contribution in [0.4, 0.5) is 0 Å². The summed E-state index contributed by atoms with van der Waals surface area (Å²) in [6.07, 6.45) is 1.50. The van der Waals surface area contributed by atoms with E-state index in [4.69, 9.17) is 5.11 Å². The second-order valence-corrected chi connectivity index (χ2v) is 4.22. The first-order valence-electron chi connectivity index (χ1n) is 4.21. The van der Waals surface area contributed by atoms with Crippen molar-refractivity contribution in [2.24, 2.45) is 10.4 Å². The van der Waals surface area contributed by atoms with Gasteiger partial charge in [-0.3, -0.25) is 4.99 Å². The summed E-state index contributed by atoms with van der Waals surface area (Å²) in [6.45, 7) is 6.20. The van der Waals surface area contributed by atoms with E-state index in [1.54, 1.807) is 0 Å². The first-order valence-corrected chi connectivity index (χ1v) is 4.21. The number of nitrogens with zero attached hydrogens (tertiary/aromatic N) is 1. The highest BCUT2D eigenvalue weighted by Gasteiger charge is 2.29. The van der Waals surface area contributed by atoms with Crippen molar-refractivity contribution in [1.29, 1.82) is 0 Å². The summed E-state index contributed by atoms with van der Waals surface area (Å²) in [4.78, 5) is 14.7. The van der Waals surface area contributed by atoms with Crippen molar-refractivity contribution < 1.29 is 9.90 Å². The lowest BCUT2D eigenvalue weighted by molar-refractivity contribution is -0.138. The zero-order valence-corrected chi connectivity index (χ0v) is 7.79. The smallest absolute Gasteiger partial charge is 0.328 e. The van der Waals surface area contributed by atoms with E-state index >= 15 is 0 Å². The van der Waals surface area contributed by atoms with E-state index in [1.807, 2.05) is 0 Å². The molecule has 1 heterocycles. The monoisotopic (exact) mass is 169 g/mol. The topological polar surface area (TPSA) is 49.7 Å². The second kappa shape index (κ2) is 2.88. The lowest BCUT2D eigenvalue weighted by Crippen LogP contribution is -2.18. The Balaban J connectivity index is 2.73. The van der Waals surface area contributed by atoms with Crippen molar-refractivity contribution >= 4 is 11.7 Å². The van der Waals surface area contributed by atoms with Gasteiger partial charge in [0, 0.05) is 5.71 Å². The fourth-order valence-electron chi connectivity index (χ4n) is 1.34. The molecule has 0 fully saturated rings. The van der Waals surface area contributed by atoms with Gasteiger partial charge in [-0.1, -0.05) is 20.8 Å². The van der Waals surface area contributed by atoms with Crippen LogP contribution in [0.5, 0.6) is 0 Å². The molecule has 0 aromatic rings. The van der Waals surface area contributed by atoms with Crippen LogP contribution in [0.2, 0.25) is 0 Å². The Hall–Kier alpha value is -0.860. The molecule has 1 atom stereocenters. The molecule has 0 unspecified atom stereocenters. The number of rotatable bonds is 1. The molecule has 0 saturated carbocycles. The van der Waals surface area contributed by atoms with Gasteiger partial charge in [0.1, 0.15) is 6.04 Å². The van der Waals surface area contributed by atoms with Crippen LogP contribution in [0, 0.1) is 5.41 Å². The number of hydrogen-bond acceptors (Lipinski definition) is 2. The molecule has 1 rings (SSSR count). The molecule has 1 aliphatic rings. The summed E-state index contributed by atoms with van der Waals surface area (Å²) >= 11 is 0. The number of aliphatic imine (C=N–C) groups is 1. The van der Waals surface area contributed by atoms with Gasteiger partial charge in [0.05, 0.1) is 0 Å². The molecule has 0 bridgehead atoms. The zero-order valence-electron chi connectivity index (χ0n) is 7.79. The number of carboxylic acids is 1. The first kappa shape index (κ1) is 9.23. The molecular weight excluding hydrogens is 154 g/mol. The molecule has 1 N–H and O–H groups in total. The molecule has 3 nitrogen and oxygen atoms in total. The molecule has 0 spiro atoms. The van der Waals surface area contributed by atoms with Crippen molar-refractivity contribution in [3.63, 3.8) is 0 Å². The van der Waals surface area contributed by atoms with Crippen LogP contribution in [0.15, 0.2) is 4.99 Å². The van der Waals surface area contributed by atoms with E-state index in [9.17, 15) is 4.79 Å². The maximum atomic E-state index is 10.6. The lowest BCUT2D eigenvalue weighted by atomic mass is 9.88. The summed E-state index contributed by atoms with van der Waals surface area (Å²) in [7, 11) is 0. The Kier molecular flexibility index (Phi) is 2.22.